The summed E-state index contributed by atoms with van der Waals surface area (Å²) in [5.41, 5.74) is -0.375. The number of carbonyl (C=O) groups excluding carboxylic acids is 3. The van der Waals surface area contributed by atoms with Crippen molar-refractivity contribution in [3.05, 3.63) is 29.8 Å². The molecule has 2 aliphatic heterocycles. The molecule has 3 rings (SSSR count). The molecule has 0 saturated carbocycles. The molecule has 2 heterocycles. The van der Waals surface area contributed by atoms with Gasteiger partial charge in [0, 0.05) is 12.6 Å². The van der Waals surface area contributed by atoms with Crippen molar-refractivity contribution in [3.8, 4) is 5.75 Å². The van der Waals surface area contributed by atoms with Gasteiger partial charge in [-0.3, -0.25) is 24.6 Å². The van der Waals surface area contributed by atoms with Crippen LogP contribution in [-0.4, -0.2) is 49.0 Å². The molecule has 140 valence electrons. The predicted molar refractivity (Wildman–Crippen MR) is 93.3 cm³/mol. The topological polar surface area (TPSA) is 84.9 Å². The van der Waals surface area contributed by atoms with Crippen LogP contribution >= 0.6 is 0 Å². The van der Waals surface area contributed by atoms with Crippen LogP contribution in [0.5, 0.6) is 5.75 Å². The smallest absolute Gasteiger partial charge is 0.326 e. The Morgan fingerprint density at radius 2 is 1.81 bits per heavy atom. The molecular weight excluding hydrogens is 336 g/mol. The standard InChI is InChI=1S/C19H24N2O5/c1-5-19(18(24)26-4)14-13(16(22)21(6-2)17(14)23)15(20-19)11-7-9-12(25-3)10-8-11/h7-10,13-15,20H,5-6H2,1-4H3/t13-,14-,15-,19-/m0/s1. The number of nitrogens with zero attached hydrogens (tertiary/aromatic N) is 1. The van der Waals surface area contributed by atoms with Gasteiger partial charge >= 0.3 is 5.97 Å². The third kappa shape index (κ3) is 2.41. The molecule has 4 atom stereocenters. The van der Waals surface area contributed by atoms with E-state index in [1.807, 2.05) is 19.1 Å². The molecule has 7 nitrogen and oxygen atoms in total. The highest BCUT2D eigenvalue weighted by Gasteiger charge is 2.67. The number of methoxy groups -OCH3 is 2. The van der Waals surface area contributed by atoms with Crippen LogP contribution in [0.1, 0.15) is 31.9 Å². The predicted octanol–water partition coefficient (Wildman–Crippen LogP) is 1.28. The molecule has 0 aromatic heterocycles. The maximum absolute atomic E-state index is 12.9. The van der Waals surface area contributed by atoms with E-state index in [1.165, 1.54) is 12.0 Å². The van der Waals surface area contributed by atoms with Gasteiger partial charge in [-0.25, -0.2) is 0 Å². The second-order valence-corrected chi connectivity index (χ2v) is 6.64. The summed E-state index contributed by atoms with van der Waals surface area (Å²) in [4.78, 5) is 39.8. The van der Waals surface area contributed by atoms with Crippen LogP contribution in [0.25, 0.3) is 0 Å². The van der Waals surface area contributed by atoms with Crippen molar-refractivity contribution in [2.75, 3.05) is 20.8 Å². The molecule has 0 unspecified atom stereocenters. The van der Waals surface area contributed by atoms with Crippen molar-refractivity contribution < 1.29 is 23.9 Å². The Bertz CT molecular complexity index is 732. The Hall–Kier alpha value is -2.41. The van der Waals surface area contributed by atoms with Crippen molar-refractivity contribution in [1.29, 1.82) is 0 Å². The molecule has 1 aromatic carbocycles. The maximum atomic E-state index is 12.9. The van der Waals surface area contributed by atoms with Gasteiger partial charge < -0.3 is 9.47 Å². The van der Waals surface area contributed by atoms with Gasteiger partial charge in [-0.1, -0.05) is 19.1 Å². The number of rotatable bonds is 5. The number of esters is 1. The number of benzene rings is 1. The first-order valence-electron chi connectivity index (χ1n) is 8.80. The fourth-order valence-electron chi connectivity index (χ4n) is 4.31. The number of imide groups is 1. The highest BCUT2D eigenvalue weighted by Crippen LogP contribution is 2.50. The summed E-state index contributed by atoms with van der Waals surface area (Å²) in [6.45, 7) is 3.88. The normalized spacial score (nSPS) is 30.5. The molecule has 0 spiro atoms. The number of likely N-dealkylation sites (tertiary alicyclic amines) is 1. The number of amides is 2. The van der Waals surface area contributed by atoms with Crippen molar-refractivity contribution in [3.63, 3.8) is 0 Å². The Balaban J connectivity index is 2.10. The van der Waals surface area contributed by atoms with Crippen LogP contribution in [0.3, 0.4) is 0 Å². The van der Waals surface area contributed by atoms with Gasteiger partial charge in [-0.2, -0.15) is 0 Å². The van der Waals surface area contributed by atoms with Gasteiger partial charge in [0.1, 0.15) is 11.3 Å². The molecule has 0 radical (unpaired) electrons. The third-order valence-electron chi connectivity index (χ3n) is 5.64. The summed E-state index contributed by atoms with van der Waals surface area (Å²) in [5.74, 6) is -1.75. The summed E-state index contributed by atoms with van der Waals surface area (Å²) >= 11 is 0. The van der Waals surface area contributed by atoms with E-state index in [1.54, 1.807) is 26.2 Å². The molecule has 2 amide bonds. The van der Waals surface area contributed by atoms with E-state index in [0.29, 0.717) is 18.7 Å². The molecule has 0 bridgehead atoms. The van der Waals surface area contributed by atoms with E-state index in [-0.39, 0.29) is 11.8 Å². The van der Waals surface area contributed by atoms with Crippen molar-refractivity contribution in [2.45, 2.75) is 31.8 Å². The fourth-order valence-corrected chi connectivity index (χ4v) is 4.31. The maximum Gasteiger partial charge on any atom is 0.326 e. The van der Waals surface area contributed by atoms with E-state index in [9.17, 15) is 14.4 Å². The number of fused-ring (bicyclic) bond motifs is 1. The average molecular weight is 360 g/mol. The Kier molecular flexibility index (Phi) is 4.75. The third-order valence-corrected chi connectivity index (χ3v) is 5.64. The van der Waals surface area contributed by atoms with Crippen LogP contribution in [0.2, 0.25) is 0 Å². The fraction of sp³-hybridized carbons (Fsp3) is 0.526. The highest BCUT2D eigenvalue weighted by atomic mass is 16.5. The van der Waals surface area contributed by atoms with E-state index in [2.05, 4.69) is 5.32 Å². The lowest BCUT2D eigenvalue weighted by Gasteiger charge is -2.31. The number of nitrogens with one attached hydrogen (secondary N) is 1. The first kappa shape index (κ1) is 18.4. The molecule has 2 saturated heterocycles. The van der Waals surface area contributed by atoms with Crippen LogP contribution in [0.15, 0.2) is 24.3 Å². The minimum absolute atomic E-state index is 0.241. The van der Waals surface area contributed by atoms with Crippen LogP contribution in [-0.2, 0) is 19.1 Å². The largest absolute Gasteiger partial charge is 0.497 e. The van der Waals surface area contributed by atoms with Gasteiger partial charge in [0.15, 0.2) is 0 Å². The van der Waals surface area contributed by atoms with Crippen molar-refractivity contribution >= 4 is 17.8 Å². The monoisotopic (exact) mass is 360 g/mol. The Morgan fingerprint density at radius 1 is 1.15 bits per heavy atom. The molecule has 2 fully saturated rings. The average Bonchev–Trinajstić information content (AvgIpc) is 3.15. The van der Waals surface area contributed by atoms with E-state index in [0.717, 1.165) is 5.56 Å². The van der Waals surface area contributed by atoms with Gasteiger partial charge in [-0.15, -0.1) is 0 Å². The summed E-state index contributed by atoms with van der Waals surface area (Å²) < 4.78 is 10.2. The SMILES string of the molecule is CCN1C(=O)[C@H]2[C@@H](C1=O)[C@@](CC)(C(=O)OC)N[C@H]2c1ccc(OC)cc1. The van der Waals surface area contributed by atoms with Crippen LogP contribution < -0.4 is 10.1 Å². The molecule has 26 heavy (non-hydrogen) atoms. The summed E-state index contributed by atoms with van der Waals surface area (Å²) in [6, 6.07) is 6.86. The summed E-state index contributed by atoms with van der Waals surface area (Å²) in [6.07, 6.45) is 0.351. The number of ether oxygens (including phenoxy) is 2. The minimum Gasteiger partial charge on any atom is -0.497 e. The first-order valence-corrected chi connectivity index (χ1v) is 8.80. The minimum atomic E-state index is -1.21. The second-order valence-electron chi connectivity index (χ2n) is 6.64. The molecule has 7 heteroatoms. The lowest BCUT2D eigenvalue weighted by molar-refractivity contribution is -0.154. The number of carbonyl (C=O) groups is 3. The summed E-state index contributed by atoms with van der Waals surface area (Å²) in [7, 11) is 2.88. The van der Waals surface area contributed by atoms with Gasteiger partial charge in [-0.05, 0) is 31.0 Å². The van der Waals surface area contributed by atoms with Crippen LogP contribution in [0.4, 0.5) is 0 Å². The summed E-state index contributed by atoms with van der Waals surface area (Å²) in [5, 5.41) is 3.28. The zero-order valence-electron chi connectivity index (χ0n) is 15.4. The van der Waals surface area contributed by atoms with Crippen LogP contribution in [0, 0.1) is 11.8 Å². The molecule has 1 aromatic rings. The Morgan fingerprint density at radius 3 is 2.31 bits per heavy atom. The lowest BCUT2D eigenvalue weighted by Crippen LogP contribution is -2.55. The van der Waals surface area contributed by atoms with E-state index >= 15 is 0 Å². The zero-order chi connectivity index (χ0) is 19.1. The van der Waals surface area contributed by atoms with Gasteiger partial charge in [0.25, 0.3) is 0 Å². The number of hydrogen-bond acceptors (Lipinski definition) is 6. The Labute approximate surface area is 152 Å². The van der Waals surface area contributed by atoms with Gasteiger partial charge in [0.2, 0.25) is 11.8 Å². The highest BCUT2D eigenvalue weighted by molar-refractivity contribution is 6.09. The quantitative estimate of drug-likeness (QED) is 0.629. The molecular formula is C19H24N2O5. The second kappa shape index (κ2) is 6.72. The lowest BCUT2D eigenvalue weighted by atomic mass is 9.78. The molecule has 0 aliphatic carbocycles. The van der Waals surface area contributed by atoms with Gasteiger partial charge in [0.05, 0.1) is 26.1 Å². The van der Waals surface area contributed by atoms with Crippen molar-refractivity contribution in [2.24, 2.45) is 11.8 Å². The first-order chi connectivity index (χ1) is 12.4. The van der Waals surface area contributed by atoms with E-state index in [4.69, 9.17) is 9.47 Å². The number of hydrogen-bond donors (Lipinski definition) is 1. The zero-order valence-corrected chi connectivity index (χ0v) is 15.4. The van der Waals surface area contributed by atoms with Crippen molar-refractivity contribution in [1.82, 2.24) is 10.2 Å². The van der Waals surface area contributed by atoms with E-state index < -0.39 is 29.4 Å². The molecule has 2 aliphatic rings. The molecule has 1 N–H and O–H groups in total.